The summed E-state index contributed by atoms with van der Waals surface area (Å²) < 4.78 is 0. The van der Waals surface area contributed by atoms with Gasteiger partial charge in [0.2, 0.25) is 0 Å². The maximum Gasteiger partial charge on any atom is 0.150 e. The Morgan fingerprint density at radius 2 is 1.62 bits per heavy atom. The third-order valence-electron chi connectivity index (χ3n) is 2.39. The third-order valence-corrected chi connectivity index (χ3v) is 2.39. The van der Waals surface area contributed by atoms with E-state index >= 15 is 0 Å². The van der Waals surface area contributed by atoms with E-state index in [9.17, 15) is 0 Å². The zero-order chi connectivity index (χ0) is 11.2. The molecule has 0 aromatic heterocycles. The Bertz CT molecular complexity index is 439. The fourth-order valence-corrected chi connectivity index (χ4v) is 1.46. The lowest BCUT2D eigenvalue weighted by molar-refractivity contribution is 0.189. The van der Waals surface area contributed by atoms with Gasteiger partial charge >= 0.3 is 0 Å². The minimum atomic E-state index is 0.704. The van der Waals surface area contributed by atoms with Crippen LogP contribution in [0.3, 0.4) is 0 Å². The summed E-state index contributed by atoms with van der Waals surface area (Å²) in [5.74, 6) is 0.874. The quantitative estimate of drug-likeness (QED) is 0.788. The molecule has 0 spiro atoms. The van der Waals surface area contributed by atoms with Gasteiger partial charge in [0, 0.05) is 0 Å². The monoisotopic (exact) mass is 213 g/mol. The van der Waals surface area contributed by atoms with Gasteiger partial charge in [0.1, 0.15) is 5.75 Å². The van der Waals surface area contributed by atoms with Gasteiger partial charge in [-0.2, -0.15) is 5.48 Å². The summed E-state index contributed by atoms with van der Waals surface area (Å²) in [4.78, 5) is 5.49. The second-order valence-electron chi connectivity index (χ2n) is 3.67. The molecule has 0 saturated carbocycles. The molecule has 2 heteroatoms. The molecule has 2 nitrogen and oxygen atoms in total. The van der Waals surface area contributed by atoms with E-state index in [1.165, 1.54) is 5.56 Å². The van der Waals surface area contributed by atoms with E-state index in [0.717, 1.165) is 11.3 Å². The van der Waals surface area contributed by atoms with Gasteiger partial charge in [-0.05, 0) is 24.1 Å². The average Bonchev–Trinajstić information content (AvgIpc) is 2.33. The van der Waals surface area contributed by atoms with E-state index in [2.05, 4.69) is 17.6 Å². The van der Waals surface area contributed by atoms with E-state index in [1.54, 1.807) is 0 Å². The van der Waals surface area contributed by atoms with Gasteiger partial charge < -0.3 is 4.84 Å². The number of nitrogens with one attached hydrogen (secondary N) is 1. The first-order chi connectivity index (χ1) is 7.86. The molecule has 2 aromatic carbocycles. The van der Waals surface area contributed by atoms with Crippen molar-refractivity contribution in [3.05, 3.63) is 65.7 Å². The Morgan fingerprint density at radius 1 is 0.938 bits per heavy atom. The van der Waals surface area contributed by atoms with E-state index in [1.807, 2.05) is 49.4 Å². The van der Waals surface area contributed by atoms with E-state index in [-0.39, 0.29) is 0 Å². The van der Waals surface area contributed by atoms with Gasteiger partial charge in [0.05, 0.1) is 6.54 Å². The highest BCUT2D eigenvalue weighted by atomic mass is 16.6. The molecular weight excluding hydrogens is 198 g/mol. The van der Waals surface area contributed by atoms with Crippen LogP contribution >= 0.6 is 0 Å². The van der Waals surface area contributed by atoms with Gasteiger partial charge in [0.15, 0.2) is 0 Å². The lowest BCUT2D eigenvalue weighted by atomic mass is 10.2. The Kier molecular flexibility index (Phi) is 3.57. The summed E-state index contributed by atoms with van der Waals surface area (Å²) >= 11 is 0. The third kappa shape index (κ3) is 2.84. The van der Waals surface area contributed by atoms with Gasteiger partial charge in [-0.25, -0.2) is 0 Å². The van der Waals surface area contributed by atoms with Gasteiger partial charge in [-0.1, -0.05) is 48.5 Å². The Hall–Kier alpha value is -1.80. The van der Waals surface area contributed by atoms with Crippen LogP contribution in [0.1, 0.15) is 11.1 Å². The highest BCUT2D eigenvalue weighted by Gasteiger charge is 1.97. The van der Waals surface area contributed by atoms with Crippen LogP contribution in [-0.2, 0) is 6.54 Å². The number of benzene rings is 2. The minimum Gasteiger partial charge on any atom is -0.408 e. The summed E-state index contributed by atoms with van der Waals surface area (Å²) in [5.41, 5.74) is 5.29. The first-order valence-electron chi connectivity index (χ1n) is 5.35. The average molecular weight is 213 g/mol. The summed E-state index contributed by atoms with van der Waals surface area (Å²) in [6, 6.07) is 18.1. The predicted molar refractivity (Wildman–Crippen MR) is 65.1 cm³/mol. The minimum absolute atomic E-state index is 0.704. The summed E-state index contributed by atoms with van der Waals surface area (Å²) in [6.45, 7) is 2.73. The molecule has 0 aliphatic heterocycles. The van der Waals surface area contributed by atoms with Crippen molar-refractivity contribution in [1.82, 2.24) is 5.48 Å². The van der Waals surface area contributed by atoms with Crippen LogP contribution in [0.15, 0.2) is 54.6 Å². The molecule has 2 rings (SSSR count). The van der Waals surface area contributed by atoms with Gasteiger partial charge in [-0.15, -0.1) is 0 Å². The first-order valence-corrected chi connectivity index (χ1v) is 5.35. The van der Waals surface area contributed by atoms with E-state index in [4.69, 9.17) is 4.84 Å². The Balaban J connectivity index is 1.87. The molecular formula is C14H15NO. The second kappa shape index (κ2) is 5.33. The summed E-state index contributed by atoms with van der Waals surface area (Å²) in [7, 11) is 0. The highest BCUT2D eigenvalue weighted by molar-refractivity contribution is 5.31. The molecule has 0 heterocycles. The zero-order valence-corrected chi connectivity index (χ0v) is 9.31. The van der Waals surface area contributed by atoms with Crippen LogP contribution in [0.25, 0.3) is 0 Å². The van der Waals surface area contributed by atoms with Crippen molar-refractivity contribution in [1.29, 1.82) is 0 Å². The molecule has 2 aromatic rings. The van der Waals surface area contributed by atoms with Crippen molar-refractivity contribution in [2.24, 2.45) is 0 Å². The maximum absolute atomic E-state index is 5.49. The van der Waals surface area contributed by atoms with Crippen molar-refractivity contribution >= 4 is 0 Å². The van der Waals surface area contributed by atoms with Gasteiger partial charge in [-0.3, -0.25) is 0 Å². The zero-order valence-electron chi connectivity index (χ0n) is 9.31. The van der Waals surface area contributed by atoms with Crippen LogP contribution < -0.4 is 10.3 Å². The molecule has 0 bridgehead atoms. The normalized spacial score (nSPS) is 10.1. The Morgan fingerprint density at radius 3 is 2.38 bits per heavy atom. The van der Waals surface area contributed by atoms with Crippen LogP contribution in [0.5, 0.6) is 5.75 Å². The lowest BCUT2D eigenvalue weighted by Gasteiger charge is -2.09. The van der Waals surface area contributed by atoms with Crippen molar-refractivity contribution in [2.75, 3.05) is 0 Å². The fraction of sp³-hybridized carbons (Fsp3) is 0.143. The highest BCUT2D eigenvalue weighted by Crippen LogP contribution is 2.14. The molecule has 16 heavy (non-hydrogen) atoms. The predicted octanol–water partition coefficient (Wildman–Crippen LogP) is 3.08. The van der Waals surface area contributed by atoms with E-state index in [0.29, 0.717) is 6.54 Å². The first kappa shape index (κ1) is 10.7. The molecule has 0 saturated heterocycles. The van der Waals surface area contributed by atoms with Crippen LogP contribution in [0.4, 0.5) is 0 Å². The van der Waals surface area contributed by atoms with Crippen molar-refractivity contribution < 1.29 is 4.84 Å². The molecule has 0 aliphatic carbocycles. The molecule has 0 amide bonds. The molecule has 82 valence electrons. The number of hydrogen-bond acceptors (Lipinski definition) is 2. The van der Waals surface area contributed by atoms with Crippen LogP contribution in [0, 0.1) is 6.92 Å². The van der Waals surface area contributed by atoms with Crippen molar-refractivity contribution in [3.63, 3.8) is 0 Å². The summed E-state index contributed by atoms with van der Waals surface area (Å²) in [5, 5.41) is 0. The second-order valence-corrected chi connectivity index (χ2v) is 3.67. The number of rotatable bonds is 4. The lowest BCUT2D eigenvalue weighted by Crippen LogP contribution is -2.18. The SMILES string of the molecule is Cc1ccccc1ONCc1ccccc1. The topological polar surface area (TPSA) is 21.3 Å². The number of hydroxylamine groups is 1. The van der Waals surface area contributed by atoms with Gasteiger partial charge in [0.25, 0.3) is 0 Å². The maximum atomic E-state index is 5.49. The molecule has 0 unspecified atom stereocenters. The number of para-hydroxylation sites is 1. The van der Waals surface area contributed by atoms with E-state index < -0.39 is 0 Å². The number of aryl methyl sites for hydroxylation is 1. The number of hydrogen-bond donors (Lipinski definition) is 1. The largest absolute Gasteiger partial charge is 0.408 e. The molecule has 0 radical (unpaired) electrons. The fourth-order valence-electron chi connectivity index (χ4n) is 1.46. The molecule has 0 aliphatic rings. The molecule has 0 fully saturated rings. The smallest absolute Gasteiger partial charge is 0.150 e. The molecule has 0 atom stereocenters. The van der Waals surface area contributed by atoms with Crippen LogP contribution in [0.2, 0.25) is 0 Å². The van der Waals surface area contributed by atoms with Crippen molar-refractivity contribution in [3.8, 4) is 5.75 Å². The Labute approximate surface area is 95.8 Å². The standard InChI is InChI=1S/C14H15NO/c1-12-7-5-6-10-14(12)16-15-11-13-8-3-2-4-9-13/h2-10,15H,11H2,1H3. The van der Waals surface area contributed by atoms with Crippen LogP contribution in [-0.4, -0.2) is 0 Å². The van der Waals surface area contributed by atoms with Crippen molar-refractivity contribution in [2.45, 2.75) is 13.5 Å². The molecule has 1 N–H and O–H groups in total. The summed E-state index contributed by atoms with van der Waals surface area (Å²) in [6.07, 6.45) is 0.